The molecule has 1 aliphatic heterocycles. The monoisotopic (exact) mass is 998 g/mol. The number of hydrogen-bond donors (Lipinski definition) is 6. The summed E-state index contributed by atoms with van der Waals surface area (Å²) in [4.78, 5) is 13.1. The smallest absolute Gasteiger partial charge is 0.220 e. The third-order valence-electron chi connectivity index (χ3n) is 13.8. The number of nitrogens with one attached hydrogen (secondary N) is 1. The summed E-state index contributed by atoms with van der Waals surface area (Å²) < 4.78 is 11.3. The van der Waals surface area contributed by atoms with Crippen LogP contribution in [0, 0.1) is 0 Å². The van der Waals surface area contributed by atoms with E-state index in [0.29, 0.717) is 12.8 Å². The van der Waals surface area contributed by atoms with Crippen molar-refractivity contribution in [2.24, 2.45) is 0 Å². The fourth-order valence-corrected chi connectivity index (χ4v) is 9.17. The van der Waals surface area contributed by atoms with Gasteiger partial charge < -0.3 is 40.3 Å². The fourth-order valence-electron chi connectivity index (χ4n) is 9.17. The van der Waals surface area contributed by atoms with Gasteiger partial charge in [-0.25, -0.2) is 0 Å². The first kappa shape index (κ1) is 66.6. The topological polar surface area (TPSA) is 149 Å². The van der Waals surface area contributed by atoms with E-state index < -0.39 is 49.5 Å². The summed E-state index contributed by atoms with van der Waals surface area (Å²) in [5.41, 5.74) is 0. The first-order valence-corrected chi connectivity index (χ1v) is 29.6. The van der Waals surface area contributed by atoms with Crippen LogP contribution >= 0.6 is 0 Å². The van der Waals surface area contributed by atoms with Gasteiger partial charge in [-0.3, -0.25) is 4.79 Å². The van der Waals surface area contributed by atoms with Gasteiger partial charge in [-0.2, -0.15) is 0 Å². The van der Waals surface area contributed by atoms with E-state index in [2.05, 4.69) is 92.1 Å². The summed E-state index contributed by atoms with van der Waals surface area (Å²) in [6.45, 7) is 3.74. The van der Waals surface area contributed by atoms with Crippen molar-refractivity contribution >= 4 is 5.91 Å². The van der Waals surface area contributed by atoms with Crippen molar-refractivity contribution in [3.05, 3.63) is 72.9 Å². The number of ether oxygens (including phenoxy) is 2. The number of aliphatic hydroxyl groups excluding tert-OH is 5. The molecule has 1 amide bonds. The van der Waals surface area contributed by atoms with E-state index in [4.69, 9.17) is 9.47 Å². The van der Waals surface area contributed by atoms with Gasteiger partial charge in [-0.1, -0.05) is 260 Å². The summed E-state index contributed by atoms with van der Waals surface area (Å²) in [5.74, 6) is -0.149. The zero-order valence-corrected chi connectivity index (χ0v) is 45.7. The normalized spacial score (nSPS) is 19.8. The highest BCUT2D eigenvalue weighted by molar-refractivity contribution is 5.76. The Kier molecular flexibility index (Phi) is 48.0. The van der Waals surface area contributed by atoms with Crippen LogP contribution in [-0.4, -0.2) is 87.5 Å². The van der Waals surface area contributed by atoms with E-state index in [1.807, 2.05) is 0 Å². The molecule has 9 heteroatoms. The zero-order valence-electron chi connectivity index (χ0n) is 45.7. The minimum absolute atomic E-state index is 0.142. The lowest BCUT2D eigenvalue weighted by molar-refractivity contribution is -0.302. The van der Waals surface area contributed by atoms with Gasteiger partial charge in [0.15, 0.2) is 6.29 Å². The first-order valence-electron chi connectivity index (χ1n) is 29.6. The molecule has 1 aliphatic rings. The highest BCUT2D eigenvalue weighted by Crippen LogP contribution is 2.23. The van der Waals surface area contributed by atoms with Crippen LogP contribution in [0.2, 0.25) is 0 Å². The predicted octanol–water partition coefficient (Wildman–Crippen LogP) is 14.8. The lowest BCUT2D eigenvalue weighted by Gasteiger charge is -2.40. The molecule has 0 saturated carbocycles. The van der Waals surface area contributed by atoms with E-state index >= 15 is 0 Å². The van der Waals surface area contributed by atoms with Crippen LogP contribution in [0.5, 0.6) is 0 Å². The van der Waals surface area contributed by atoms with Crippen LogP contribution in [0.1, 0.15) is 258 Å². The Morgan fingerprint density at radius 3 is 1.30 bits per heavy atom. The van der Waals surface area contributed by atoms with E-state index in [9.17, 15) is 30.3 Å². The molecule has 0 bridgehead atoms. The van der Waals surface area contributed by atoms with Crippen LogP contribution in [0.15, 0.2) is 72.9 Å². The number of unbranched alkanes of at least 4 members (excludes halogenated alkanes) is 28. The number of carbonyl (C=O) groups is 1. The van der Waals surface area contributed by atoms with Crippen LogP contribution in [0.3, 0.4) is 0 Å². The van der Waals surface area contributed by atoms with Crippen molar-refractivity contribution in [1.29, 1.82) is 0 Å². The summed E-state index contributed by atoms with van der Waals surface area (Å²) in [6.07, 6.45) is 63.5. The van der Waals surface area contributed by atoms with Crippen molar-refractivity contribution in [2.75, 3.05) is 13.2 Å². The molecule has 0 radical (unpaired) electrons. The Balaban J connectivity index is 2.20. The van der Waals surface area contributed by atoms with Gasteiger partial charge in [0.2, 0.25) is 5.91 Å². The quantitative estimate of drug-likeness (QED) is 0.0261. The molecule has 0 spiro atoms. The molecule has 1 saturated heterocycles. The summed E-state index contributed by atoms with van der Waals surface area (Å²) in [5, 5.41) is 54.7. The molecule has 0 aliphatic carbocycles. The maximum atomic E-state index is 13.1. The minimum atomic E-state index is -1.56. The Labute approximate surface area is 436 Å². The SMILES string of the molecule is CC/C=C\C/C=C\C/C=C\C/C=C\C/C=C\C/C=C\CCCCCCCCCCCCC(=O)NC(COC1OC(CO)C(O)C(O)C1O)C(O)CCCCCCCCCCCCCCCCCCCCC. The molecule has 0 aromatic carbocycles. The van der Waals surface area contributed by atoms with Crippen molar-refractivity contribution in [3.8, 4) is 0 Å². The molecule has 7 atom stereocenters. The number of carbonyl (C=O) groups excluding carboxylic acids is 1. The van der Waals surface area contributed by atoms with Crippen LogP contribution in [0.25, 0.3) is 0 Å². The highest BCUT2D eigenvalue weighted by Gasteiger charge is 2.44. The van der Waals surface area contributed by atoms with Gasteiger partial charge in [-0.15, -0.1) is 0 Å². The second-order valence-electron chi connectivity index (χ2n) is 20.4. The summed E-state index contributed by atoms with van der Waals surface area (Å²) in [7, 11) is 0. The Morgan fingerprint density at radius 1 is 0.493 bits per heavy atom. The maximum Gasteiger partial charge on any atom is 0.220 e. The Bertz CT molecular complexity index is 1340. The number of aliphatic hydroxyl groups is 5. The molecule has 0 aromatic rings. The van der Waals surface area contributed by atoms with Gasteiger partial charge in [0.05, 0.1) is 25.4 Å². The predicted molar refractivity (Wildman–Crippen MR) is 299 cm³/mol. The largest absolute Gasteiger partial charge is 0.394 e. The molecule has 412 valence electrons. The third kappa shape index (κ3) is 40.7. The number of rotatable bonds is 50. The zero-order chi connectivity index (χ0) is 51.5. The fraction of sp³-hybridized carbons (Fsp3) is 0.790. The molecule has 0 aromatic heterocycles. The van der Waals surface area contributed by atoms with Gasteiger partial charge >= 0.3 is 0 Å². The molecule has 7 unspecified atom stereocenters. The van der Waals surface area contributed by atoms with Crippen LogP contribution < -0.4 is 5.32 Å². The second kappa shape index (κ2) is 51.1. The standard InChI is InChI=1S/C62H111NO8/c1-3-5-7-9-11-13-15-17-19-21-23-24-25-26-27-28-29-30-31-32-34-36-38-40-42-44-46-48-50-52-58(66)63-55(54-70-62-61(69)60(68)59(67)57(53-64)71-62)56(65)51-49-47-45-43-41-39-37-35-33-22-20-18-16-14-12-10-8-6-4-2/h5,7,11,13,17,19,23-24,26-27,29-30,55-57,59-62,64-65,67-69H,3-4,6,8-10,12,14-16,18,20-22,25,28,31-54H2,1-2H3,(H,63,66)/b7-5-,13-11-,19-17-,24-23-,27-26-,30-29-. The average Bonchev–Trinajstić information content (AvgIpc) is 3.37. The molecular weight excluding hydrogens is 887 g/mol. The van der Waals surface area contributed by atoms with Crippen molar-refractivity contribution in [3.63, 3.8) is 0 Å². The lowest BCUT2D eigenvalue weighted by Crippen LogP contribution is -2.60. The van der Waals surface area contributed by atoms with E-state index in [1.165, 1.54) is 148 Å². The number of allylic oxidation sites excluding steroid dienone is 12. The molecular formula is C62H111NO8. The maximum absolute atomic E-state index is 13.1. The van der Waals surface area contributed by atoms with E-state index in [-0.39, 0.29) is 12.5 Å². The summed E-state index contributed by atoms with van der Waals surface area (Å²) in [6, 6.07) is -0.726. The average molecular weight is 999 g/mol. The molecule has 6 N–H and O–H groups in total. The molecule has 1 rings (SSSR count). The highest BCUT2D eigenvalue weighted by atomic mass is 16.7. The van der Waals surface area contributed by atoms with E-state index in [0.717, 1.165) is 83.5 Å². The molecule has 1 fully saturated rings. The van der Waals surface area contributed by atoms with Gasteiger partial charge in [-0.05, 0) is 64.2 Å². The lowest BCUT2D eigenvalue weighted by atomic mass is 9.99. The van der Waals surface area contributed by atoms with Crippen LogP contribution in [-0.2, 0) is 14.3 Å². The van der Waals surface area contributed by atoms with Crippen LogP contribution in [0.4, 0.5) is 0 Å². The summed E-state index contributed by atoms with van der Waals surface area (Å²) >= 11 is 0. The first-order chi connectivity index (χ1) is 34.8. The Hall–Kier alpha value is -2.37. The second-order valence-corrected chi connectivity index (χ2v) is 20.4. The molecule has 71 heavy (non-hydrogen) atoms. The Morgan fingerprint density at radius 2 is 0.873 bits per heavy atom. The van der Waals surface area contributed by atoms with Gasteiger partial charge in [0.25, 0.3) is 0 Å². The molecule has 9 nitrogen and oxygen atoms in total. The molecule has 1 heterocycles. The number of amides is 1. The number of hydrogen-bond acceptors (Lipinski definition) is 8. The minimum Gasteiger partial charge on any atom is -0.394 e. The van der Waals surface area contributed by atoms with E-state index in [1.54, 1.807) is 0 Å². The third-order valence-corrected chi connectivity index (χ3v) is 13.8. The van der Waals surface area contributed by atoms with Crippen molar-refractivity contribution in [2.45, 2.75) is 301 Å². The van der Waals surface area contributed by atoms with Crippen molar-refractivity contribution in [1.82, 2.24) is 5.32 Å². The van der Waals surface area contributed by atoms with Crippen molar-refractivity contribution < 1.29 is 39.8 Å². The van der Waals surface area contributed by atoms with Gasteiger partial charge in [0.1, 0.15) is 24.4 Å². The van der Waals surface area contributed by atoms with Gasteiger partial charge in [0, 0.05) is 6.42 Å².